The summed E-state index contributed by atoms with van der Waals surface area (Å²) in [6, 6.07) is 9.14. The topological polar surface area (TPSA) is 55.6 Å². The van der Waals surface area contributed by atoms with Crippen LogP contribution in [-0.4, -0.2) is 37.0 Å². The summed E-state index contributed by atoms with van der Waals surface area (Å²) in [6.07, 6.45) is 0.904. The maximum Gasteiger partial charge on any atom is 0.239 e. The number of carbonyl (C=O) groups is 1. The molecule has 4 nitrogen and oxygen atoms in total. The molecule has 106 valence electrons. The van der Waals surface area contributed by atoms with Crippen molar-refractivity contribution in [2.45, 2.75) is 26.3 Å². The van der Waals surface area contributed by atoms with Crippen LogP contribution in [-0.2, 0) is 4.79 Å². The van der Waals surface area contributed by atoms with Gasteiger partial charge < -0.3 is 15.4 Å². The van der Waals surface area contributed by atoms with Gasteiger partial charge in [0.25, 0.3) is 0 Å². The SMILES string of the molecule is CCC(C)C(N)C(=O)N(C)CCOc1ccccc1. The Hall–Kier alpha value is -1.55. The lowest BCUT2D eigenvalue weighted by Gasteiger charge is -2.24. The smallest absolute Gasteiger partial charge is 0.239 e. The van der Waals surface area contributed by atoms with Crippen LogP contribution >= 0.6 is 0 Å². The molecule has 2 atom stereocenters. The van der Waals surface area contributed by atoms with Crippen LogP contribution in [0.15, 0.2) is 30.3 Å². The van der Waals surface area contributed by atoms with Gasteiger partial charge in [-0.25, -0.2) is 0 Å². The minimum Gasteiger partial charge on any atom is -0.492 e. The first kappa shape index (κ1) is 15.5. The molecule has 0 saturated heterocycles. The third kappa shape index (κ3) is 4.91. The summed E-state index contributed by atoms with van der Waals surface area (Å²) in [5.74, 6) is 0.991. The Kier molecular flexibility index (Phi) is 6.36. The molecule has 0 aromatic heterocycles. The molecule has 0 saturated carbocycles. The van der Waals surface area contributed by atoms with Crippen molar-refractivity contribution < 1.29 is 9.53 Å². The molecule has 0 heterocycles. The number of nitrogens with zero attached hydrogens (tertiary/aromatic N) is 1. The highest BCUT2D eigenvalue weighted by molar-refractivity contribution is 5.81. The lowest BCUT2D eigenvalue weighted by Crippen LogP contribution is -2.46. The standard InChI is InChI=1S/C15H24N2O2/c1-4-12(2)14(16)15(18)17(3)10-11-19-13-8-6-5-7-9-13/h5-9,12,14H,4,10-11,16H2,1-3H3. The number of rotatable bonds is 7. The van der Waals surface area contributed by atoms with E-state index in [1.807, 2.05) is 44.2 Å². The summed E-state index contributed by atoms with van der Waals surface area (Å²) < 4.78 is 5.56. The molecular formula is C15H24N2O2. The van der Waals surface area contributed by atoms with Crippen molar-refractivity contribution in [3.8, 4) is 5.75 Å². The van der Waals surface area contributed by atoms with Gasteiger partial charge in [0.2, 0.25) is 5.91 Å². The van der Waals surface area contributed by atoms with Crippen molar-refractivity contribution in [3.63, 3.8) is 0 Å². The number of benzene rings is 1. The zero-order valence-corrected chi connectivity index (χ0v) is 12.0. The Morgan fingerprint density at radius 3 is 2.58 bits per heavy atom. The Bertz CT molecular complexity index is 381. The number of hydrogen-bond acceptors (Lipinski definition) is 3. The Morgan fingerprint density at radius 2 is 2.00 bits per heavy atom. The molecule has 0 aliphatic rings. The first-order valence-electron chi connectivity index (χ1n) is 6.74. The van der Waals surface area contributed by atoms with Crippen molar-refractivity contribution in [2.24, 2.45) is 11.7 Å². The maximum absolute atomic E-state index is 12.0. The molecule has 1 aromatic carbocycles. The maximum atomic E-state index is 12.0. The molecular weight excluding hydrogens is 240 g/mol. The van der Waals surface area contributed by atoms with Crippen LogP contribution in [0.4, 0.5) is 0 Å². The van der Waals surface area contributed by atoms with Crippen molar-refractivity contribution >= 4 is 5.91 Å². The van der Waals surface area contributed by atoms with Gasteiger partial charge in [-0.1, -0.05) is 38.5 Å². The van der Waals surface area contributed by atoms with Gasteiger partial charge in [-0.3, -0.25) is 4.79 Å². The van der Waals surface area contributed by atoms with E-state index < -0.39 is 6.04 Å². The van der Waals surface area contributed by atoms with Gasteiger partial charge in [0.15, 0.2) is 0 Å². The quantitative estimate of drug-likeness (QED) is 0.818. The highest BCUT2D eigenvalue weighted by atomic mass is 16.5. The molecule has 0 radical (unpaired) electrons. The minimum absolute atomic E-state index is 0.0222. The van der Waals surface area contributed by atoms with E-state index in [1.165, 1.54) is 0 Å². The van der Waals surface area contributed by atoms with Gasteiger partial charge in [-0.15, -0.1) is 0 Å². The number of hydrogen-bond donors (Lipinski definition) is 1. The fraction of sp³-hybridized carbons (Fsp3) is 0.533. The van der Waals surface area contributed by atoms with Gasteiger partial charge in [-0.2, -0.15) is 0 Å². The van der Waals surface area contributed by atoms with E-state index in [9.17, 15) is 4.79 Å². The zero-order chi connectivity index (χ0) is 14.3. The molecule has 1 amide bonds. The van der Waals surface area contributed by atoms with E-state index in [0.717, 1.165) is 12.2 Å². The van der Waals surface area contributed by atoms with Crippen LogP contribution in [0.25, 0.3) is 0 Å². The summed E-state index contributed by atoms with van der Waals surface area (Å²) in [6.45, 7) is 5.05. The van der Waals surface area contributed by atoms with Crippen LogP contribution in [0.5, 0.6) is 5.75 Å². The Labute approximate surface area is 115 Å². The van der Waals surface area contributed by atoms with E-state index in [4.69, 9.17) is 10.5 Å². The molecule has 1 rings (SSSR count). The molecule has 4 heteroatoms. The predicted octanol–water partition coefficient (Wildman–Crippen LogP) is 1.90. The van der Waals surface area contributed by atoms with E-state index in [0.29, 0.717) is 13.2 Å². The highest BCUT2D eigenvalue weighted by Crippen LogP contribution is 2.09. The molecule has 2 N–H and O–H groups in total. The largest absolute Gasteiger partial charge is 0.492 e. The Morgan fingerprint density at radius 1 is 1.37 bits per heavy atom. The molecule has 0 fully saturated rings. The van der Waals surface area contributed by atoms with Crippen molar-refractivity contribution in [2.75, 3.05) is 20.2 Å². The summed E-state index contributed by atoms with van der Waals surface area (Å²) in [5, 5.41) is 0. The molecule has 0 spiro atoms. The van der Waals surface area contributed by atoms with Crippen LogP contribution < -0.4 is 10.5 Å². The number of amides is 1. The number of carbonyl (C=O) groups excluding carboxylic acids is 1. The number of ether oxygens (including phenoxy) is 1. The van der Waals surface area contributed by atoms with Gasteiger partial charge in [-0.05, 0) is 18.1 Å². The fourth-order valence-corrected chi connectivity index (χ4v) is 1.68. The second-order valence-electron chi connectivity index (χ2n) is 4.83. The van der Waals surface area contributed by atoms with Crippen molar-refractivity contribution in [1.82, 2.24) is 4.90 Å². The normalized spacial score (nSPS) is 13.7. The monoisotopic (exact) mass is 264 g/mol. The van der Waals surface area contributed by atoms with Crippen LogP contribution in [0.2, 0.25) is 0 Å². The molecule has 0 bridgehead atoms. The first-order valence-corrected chi connectivity index (χ1v) is 6.74. The summed E-state index contributed by atoms with van der Waals surface area (Å²) >= 11 is 0. The van der Waals surface area contributed by atoms with E-state index in [2.05, 4.69) is 0 Å². The first-order chi connectivity index (χ1) is 9.06. The number of likely N-dealkylation sites (N-methyl/N-ethyl adjacent to an activating group) is 1. The molecule has 1 aromatic rings. The zero-order valence-electron chi connectivity index (χ0n) is 12.0. The highest BCUT2D eigenvalue weighted by Gasteiger charge is 2.22. The second-order valence-corrected chi connectivity index (χ2v) is 4.83. The minimum atomic E-state index is -0.424. The predicted molar refractivity (Wildman–Crippen MR) is 77.0 cm³/mol. The van der Waals surface area contributed by atoms with Crippen LogP contribution in [0, 0.1) is 5.92 Å². The van der Waals surface area contributed by atoms with Gasteiger partial charge in [0.1, 0.15) is 12.4 Å². The Balaban J connectivity index is 2.35. The third-order valence-electron chi connectivity index (χ3n) is 3.36. The lowest BCUT2D eigenvalue weighted by molar-refractivity contribution is -0.132. The second kappa shape index (κ2) is 7.79. The van der Waals surface area contributed by atoms with Gasteiger partial charge in [0, 0.05) is 7.05 Å². The molecule has 2 unspecified atom stereocenters. The van der Waals surface area contributed by atoms with E-state index in [1.54, 1.807) is 11.9 Å². The fourth-order valence-electron chi connectivity index (χ4n) is 1.68. The lowest BCUT2D eigenvalue weighted by atomic mass is 9.99. The molecule has 19 heavy (non-hydrogen) atoms. The van der Waals surface area contributed by atoms with Crippen molar-refractivity contribution in [1.29, 1.82) is 0 Å². The molecule has 0 aliphatic carbocycles. The summed E-state index contributed by atoms with van der Waals surface area (Å²) in [5.41, 5.74) is 5.92. The summed E-state index contributed by atoms with van der Waals surface area (Å²) in [7, 11) is 1.76. The average Bonchev–Trinajstić information content (AvgIpc) is 2.45. The van der Waals surface area contributed by atoms with Crippen molar-refractivity contribution in [3.05, 3.63) is 30.3 Å². The van der Waals surface area contributed by atoms with Crippen LogP contribution in [0.3, 0.4) is 0 Å². The summed E-state index contributed by atoms with van der Waals surface area (Å²) in [4.78, 5) is 13.7. The average molecular weight is 264 g/mol. The van der Waals surface area contributed by atoms with E-state index >= 15 is 0 Å². The van der Waals surface area contributed by atoms with Crippen LogP contribution in [0.1, 0.15) is 20.3 Å². The number of para-hydroxylation sites is 1. The van der Waals surface area contributed by atoms with E-state index in [-0.39, 0.29) is 11.8 Å². The molecule has 0 aliphatic heterocycles. The third-order valence-corrected chi connectivity index (χ3v) is 3.36. The number of nitrogens with two attached hydrogens (primary N) is 1. The van der Waals surface area contributed by atoms with Gasteiger partial charge >= 0.3 is 0 Å². The van der Waals surface area contributed by atoms with Gasteiger partial charge in [0.05, 0.1) is 12.6 Å².